The maximum absolute atomic E-state index is 6.40. The van der Waals surface area contributed by atoms with Crippen LogP contribution in [0.3, 0.4) is 0 Å². The lowest BCUT2D eigenvalue weighted by molar-refractivity contribution is 0.224. The summed E-state index contributed by atoms with van der Waals surface area (Å²) >= 11 is 0. The van der Waals surface area contributed by atoms with Gasteiger partial charge < -0.3 is 5.73 Å². The van der Waals surface area contributed by atoms with Crippen molar-refractivity contribution in [1.82, 2.24) is 9.88 Å². The Kier molecular flexibility index (Phi) is 5.90. The molecule has 112 valence electrons. The van der Waals surface area contributed by atoms with Crippen molar-refractivity contribution in [1.29, 1.82) is 0 Å². The fourth-order valence-corrected chi connectivity index (χ4v) is 2.58. The van der Waals surface area contributed by atoms with Crippen molar-refractivity contribution in [3.63, 3.8) is 0 Å². The van der Waals surface area contributed by atoms with Crippen LogP contribution in [-0.2, 0) is 6.54 Å². The molecule has 2 aromatic rings. The van der Waals surface area contributed by atoms with Gasteiger partial charge in [-0.2, -0.15) is 0 Å². The number of nitrogens with two attached hydrogens (primary N) is 1. The first kappa shape index (κ1) is 15.7. The lowest BCUT2D eigenvalue weighted by Gasteiger charge is -2.28. The van der Waals surface area contributed by atoms with E-state index in [-0.39, 0.29) is 6.04 Å². The minimum atomic E-state index is 0.0812. The zero-order valence-corrected chi connectivity index (χ0v) is 12.9. The van der Waals surface area contributed by atoms with E-state index < -0.39 is 0 Å². The number of nitrogens with zero attached hydrogens (tertiary/aromatic N) is 2. The third kappa shape index (κ3) is 4.66. The molecule has 0 fully saturated rings. The number of hydrogen-bond acceptors (Lipinski definition) is 3. The number of pyridine rings is 1. The van der Waals surface area contributed by atoms with E-state index in [0.29, 0.717) is 5.92 Å². The summed E-state index contributed by atoms with van der Waals surface area (Å²) in [6, 6.07) is 14.6. The molecule has 0 bridgehead atoms. The van der Waals surface area contributed by atoms with Crippen molar-refractivity contribution in [3.8, 4) is 0 Å². The van der Waals surface area contributed by atoms with Gasteiger partial charge in [-0.05, 0) is 35.7 Å². The molecule has 3 nitrogen and oxygen atoms in total. The Morgan fingerprint density at radius 1 is 1.10 bits per heavy atom. The van der Waals surface area contributed by atoms with E-state index in [1.807, 2.05) is 18.5 Å². The van der Waals surface area contributed by atoms with Crippen LogP contribution >= 0.6 is 0 Å². The average molecular weight is 283 g/mol. The normalized spacial score (nSPS) is 14.1. The first-order valence-corrected chi connectivity index (χ1v) is 7.62. The zero-order valence-electron chi connectivity index (χ0n) is 12.9. The summed E-state index contributed by atoms with van der Waals surface area (Å²) in [5.41, 5.74) is 8.91. The molecule has 0 aliphatic rings. The Morgan fingerprint density at radius 2 is 1.76 bits per heavy atom. The van der Waals surface area contributed by atoms with Gasteiger partial charge in [0.2, 0.25) is 0 Å². The second kappa shape index (κ2) is 7.91. The van der Waals surface area contributed by atoms with Crippen molar-refractivity contribution in [2.75, 3.05) is 13.1 Å². The molecule has 21 heavy (non-hydrogen) atoms. The number of benzene rings is 1. The quantitative estimate of drug-likeness (QED) is 0.848. The van der Waals surface area contributed by atoms with Crippen LogP contribution < -0.4 is 5.73 Å². The van der Waals surface area contributed by atoms with Crippen LogP contribution in [0.5, 0.6) is 0 Å². The number of hydrogen-bond donors (Lipinski definition) is 1. The van der Waals surface area contributed by atoms with Gasteiger partial charge >= 0.3 is 0 Å². The fraction of sp³-hybridized carbons (Fsp3) is 0.389. The summed E-state index contributed by atoms with van der Waals surface area (Å²) in [6.07, 6.45) is 3.70. The first-order valence-electron chi connectivity index (χ1n) is 7.62. The molecular weight excluding hydrogens is 258 g/mol. The van der Waals surface area contributed by atoms with Crippen LogP contribution in [0.2, 0.25) is 0 Å². The summed E-state index contributed by atoms with van der Waals surface area (Å²) < 4.78 is 0. The minimum absolute atomic E-state index is 0.0812. The average Bonchev–Trinajstić information content (AvgIpc) is 2.55. The Hall–Kier alpha value is -1.71. The predicted octanol–water partition coefficient (Wildman–Crippen LogP) is 3.24. The molecule has 2 rings (SSSR count). The largest absolute Gasteiger partial charge is 0.324 e. The SMILES string of the molecule is CCN(Cc1ccncc1)CC(C)C(N)c1ccccc1. The third-order valence-electron chi connectivity index (χ3n) is 3.95. The second-order valence-corrected chi connectivity index (χ2v) is 5.60. The lowest BCUT2D eigenvalue weighted by Crippen LogP contribution is -2.33. The highest BCUT2D eigenvalue weighted by atomic mass is 15.1. The molecule has 0 radical (unpaired) electrons. The van der Waals surface area contributed by atoms with Gasteiger partial charge in [0.1, 0.15) is 0 Å². The van der Waals surface area contributed by atoms with Gasteiger partial charge in [-0.1, -0.05) is 44.2 Å². The van der Waals surface area contributed by atoms with Crippen LogP contribution in [-0.4, -0.2) is 23.0 Å². The van der Waals surface area contributed by atoms with E-state index in [4.69, 9.17) is 5.73 Å². The molecule has 0 aliphatic heterocycles. The maximum atomic E-state index is 6.40. The fourth-order valence-electron chi connectivity index (χ4n) is 2.58. The Balaban J connectivity index is 1.95. The highest BCUT2D eigenvalue weighted by Gasteiger charge is 2.17. The van der Waals surface area contributed by atoms with Crippen molar-refractivity contribution < 1.29 is 0 Å². The van der Waals surface area contributed by atoms with E-state index in [1.165, 1.54) is 11.1 Å². The highest BCUT2D eigenvalue weighted by molar-refractivity contribution is 5.19. The third-order valence-corrected chi connectivity index (χ3v) is 3.95. The van der Waals surface area contributed by atoms with Crippen molar-refractivity contribution >= 4 is 0 Å². The summed E-state index contributed by atoms with van der Waals surface area (Å²) in [5.74, 6) is 0.411. The maximum Gasteiger partial charge on any atom is 0.0333 e. The van der Waals surface area contributed by atoms with E-state index in [0.717, 1.165) is 19.6 Å². The van der Waals surface area contributed by atoms with Crippen LogP contribution in [0, 0.1) is 5.92 Å². The molecule has 1 heterocycles. The molecule has 3 heteroatoms. The van der Waals surface area contributed by atoms with E-state index in [2.05, 4.69) is 60.1 Å². The number of rotatable bonds is 7. The van der Waals surface area contributed by atoms with Gasteiger partial charge in [-0.15, -0.1) is 0 Å². The molecule has 2 unspecified atom stereocenters. The summed E-state index contributed by atoms with van der Waals surface area (Å²) in [7, 11) is 0. The minimum Gasteiger partial charge on any atom is -0.324 e. The van der Waals surface area contributed by atoms with Crippen LogP contribution in [0.15, 0.2) is 54.9 Å². The summed E-state index contributed by atoms with van der Waals surface area (Å²) in [4.78, 5) is 6.50. The molecule has 1 aromatic carbocycles. The summed E-state index contributed by atoms with van der Waals surface area (Å²) in [6.45, 7) is 7.39. The zero-order chi connectivity index (χ0) is 15.1. The smallest absolute Gasteiger partial charge is 0.0333 e. The Bertz CT molecular complexity index is 513. The van der Waals surface area contributed by atoms with Crippen molar-refractivity contribution in [2.24, 2.45) is 11.7 Å². The van der Waals surface area contributed by atoms with Gasteiger partial charge in [-0.25, -0.2) is 0 Å². The number of aromatic nitrogens is 1. The van der Waals surface area contributed by atoms with Crippen LogP contribution in [0.1, 0.15) is 31.0 Å². The van der Waals surface area contributed by atoms with Gasteiger partial charge in [-0.3, -0.25) is 9.88 Å². The molecule has 2 atom stereocenters. The van der Waals surface area contributed by atoms with Gasteiger partial charge in [0.05, 0.1) is 0 Å². The molecule has 1 aromatic heterocycles. The monoisotopic (exact) mass is 283 g/mol. The van der Waals surface area contributed by atoms with E-state index in [1.54, 1.807) is 0 Å². The molecule has 0 saturated carbocycles. The lowest BCUT2D eigenvalue weighted by atomic mass is 9.95. The van der Waals surface area contributed by atoms with Gasteiger partial charge in [0.15, 0.2) is 0 Å². The Morgan fingerprint density at radius 3 is 2.38 bits per heavy atom. The van der Waals surface area contributed by atoms with E-state index in [9.17, 15) is 0 Å². The van der Waals surface area contributed by atoms with Crippen LogP contribution in [0.4, 0.5) is 0 Å². The topological polar surface area (TPSA) is 42.2 Å². The Labute approximate surface area is 127 Å². The standard InChI is InChI=1S/C18H25N3/c1-3-21(14-16-9-11-20-12-10-16)13-15(2)18(19)17-7-5-4-6-8-17/h4-12,15,18H,3,13-14,19H2,1-2H3. The molecule has 0 aliphatic carbocycles. The van der Waals surface area contributed by atoms with Gasteiger partial charge in [0, 0.05) is 31.5 Å². The van der Waals surface area contributed by atoms with Crippen LogP contribution in [0.25, 0.3) is 0 Å². The predicted molar refractivity (Wildman–Crippen MR) is 87.7 cm³/mol. The molecule has 0 amide bonds. The molecular formula is C18H25N3. The van der Waals surface area contributed by atoms with E-state index >= 15 is 0 Å². The highest BCUT2D eigenvalue weighted by Crippen LogP contribution is 2.20. The van der Waals surface area contributed by atoms with Crippen molar-refractivity contribution in [2.45, 2.75) is 26.4 Å². The molecule has 0 spiro atoms. The molecule has 0 saturated heterocycles. The first-order chi connectivity index (χ1) is 10.2. The van der Waals surface area contributed by atoms with Crippen molar-refractivity contribution in [3.05, 3.63) is 66.0 Å². The van der Waals surface area contributed by atoms with Gasteiger partial charge in [0.25, 0.3) is 0 Å². The molecule has 2 N–H and O–H groups in total. The second-order valence-electron chi connectivity index (χ2n) is 5.60. The summed E-state index contributed by atoms with van der Waals surface area (Å²) in [5, 5.41) is 0.